The van der Waals surface area contributed by atoms with Gasteiger partial charge in [-0.3, -0.25) is 0 Å². The maximum atomic E-state index is 5.81. The SMILES string of the molecule is CNCc1ccc(OC)cc1OCc1noc(C(C)C)n1. The molecule has 0 spiro atoms. The number of ether oxygens (including phenoxy) is 2. The Morgan fingerprint density at radius 2 is 2.14 bits per heavy atom. The molecule has 0 saturated heterocycles. The number of hydrogen-bond donors (Lipinski definition) is 1. The summed E-state index contributed by atoms with van der Waals surface area (Å²) in [5.74, 6) is 2.87. The van der Waals surface area contributed by atoms with E-state index < -0.39 is 0 Å². The van der Waals surface area contributed by atoms with Gasteiger partial charge in [0.2, 0.25) is 11.7 Å². The molecule has 0 radical (unpaired) electrons. The predicted octanol–water partition coefficient (Wildman–Crippen LogP) is 2.50. The van der Waals surface area contributed by atoms with E-state index in [0.29, 0.717) is 18.3 Å². The van der Waals surface area contributed by atoms with Crippen LogP contribution in [0.2, 0.25) is 0 Å². The van der Waals surface area contributed by atoms with Gasteiger partial charge in [-0.05, 0) is 13.1 Å². The van der Waals surface area contributed by atoms with Crippen LogP contribution in [-0.2, 0) is 13.2 Å². The van der Waals surface area contributed by atoms with E-state index in [9.17, 15) is 0 Å². The van der Waals surface area contributed by atoms with Gasteiger partial charge in [0, 0.05) is 24.1 Å². The number of hydrogen-bond acceptors (Lipinski definition) is 6. The third-order valence-corrected chi connectivity index (χ3v) is 2.98. The molecule has 0 fully saturated rings. The highest BCUT2D eigenvalue weighted by Gasteiger charge is 2.11. The summed E-state index contributed by atoms with van der Waals surface area (Å²) in [6, 6.07) is 5.74. The maximum absolute atomic E-state index is 5.81. The van der Waals surface area contributed by atoms with Crippen LogP contribution in [-0.4, -0.2) is 24.3 Å². The molecule has 114 valence electrons. The molecular weight excluding hydrogens is 270 g/mol. The highest BCUT2D eigenvalue weighted by atomic mass is 16.5. The smallest absolute Gasteiger partial charge is 0.229 e. The monoisotopic (exact) mass is 291 g/mol. The zero-order valence-electron chi connectivity index (χ0n) is 12.8. The summed E-state index contributed by atoms with van der Waals surface area (Å²) < 4.78 is 16.2. The number of aromatic nitrogens is 2. The fraction of sp³-hybridized carbons (Fsp3) is 0.467. The normalized spacial score (nSPS) is 10.9. The van der Waals surface area contributed by atoms with Crippen LogP contribution in [0.25, 0.3) is 0 Å². The Hall–Kier alpha value is -2.08. The Morgan fingerprint density at radius 3 is 2.76 bits per heavy atom. The third-order valence-electron chi connectivity index (χ3n) is 2.98. The molecule has 1 heterocycles. The van der Waals surface area contributed by atoms with Crippen LogP contribution in [0.1, 0.15) is 37.0 Å². The molecule has 0 bridgehead atoms. The summed E-state index contributed by atoms with van der Waals surface area (Å²) in [7, 11) is 3.52. The lowest BCUT2D eigenvalue weighted by atomic mass is 10.2. The average Bonchev–Trinajstić information content (AvgIpc) is 2.95. The number of nitrogens with one attached hydrogen (secondary N) is 1. The summed E-state index contributed by atoms with van der Waals surface area (Å²) in [4.78, 5) is 4.29. The molecule has 1 aromatic heterocycles. The Bertz CT molecular complexity index is 581. The average molecular weight is 291 g/mol. The first-order valence-corrected chi connectivity index (χ1v) is 6.90. The van der Waals surface area contributed by atoms with Crippen molar-refractivity contribution in [3.63, 3.8) is 0 Å². The Morgan fingerprint density at radius 1 is 1.33 bits per heavy atom. The molecular formula is C15H21N3O3. The second-order valence-corrected chi connectivity index (χ2v) is 5.00. The molecule has 21 heavy (non-hydrogen) atoms. The fourth-order valence-electron chi connectivity index (χ4n) is 1.84. The maximum Gasteiger partial charge on any atom is 0.229 e. The summed E-state index contributed by atoms with van der Waals surface area (Å²) in [6.07, 6.45) is 0. The van der Waals surface area contributed by atoms with Crippen LogP contribution in [0.15, 0.2) is 22.7 Å². The van der Waals surface area contributed by atoms with Gasteiger partial charge in [-0.25, -0.2) is 0 Å². The molecule has 0 atom stereocenters. The molecule has 6 heteroatoms. The number of methoxy groups -OCH3 is 1. The van der Waals surface area contributed by atoms with E-state index in [1.807, 2.05) is 39.1 Å². The van der Waals surface area contributed by atoms with Crippen molar-refractivity contribution in [2.24, 2.45) is 0 Å². The van der Waals surface area contributed by atoms with E-state index in [1.165, 1.54) is 0 Å². The standard InChI is InChI=1S/C15H21N3O3/c1-10(2)15-17-14(18-21-15)9-20-13-7-12(19-4)6-5-11(13)8-16-3/h5-7,10,16H,8-9H2,1-4H3. The summed E-state index contributed by atoms with van der Waals surface area (Å²) in [5.41, 5.74) is 1.05. The molecule has 0 aliphatic carbocycles. The third kappa shape index (κ3) is 3.95. The number of benzene rings is 1. The van der Waals surface area contributed by atoms with Crippen LogP contribution in [0.3, 0.4) is 0 Å². The zero-order valence-corrected chi connectivity index (χ0v) is 12.8. The van der Waals surface area contributed by atoms with Crippen LogP contribution in [0.4, 0.5) is 0 Å². The van der Waals surface area contributed by atoms with Crippen LogP contribution >= 0.6 is 0 Å². The molecule has 2 rings (SSSR count). The van der Waals surface area contributed by atoms with Crippen LogP contribution in [0.5, 0.6) is 11.5 Å². The van der Waals surface area contributed by atoms with Gasteiger partial charge in [0.15, 0.2) is 6.61 Å². The summed E-state index contributed by atoms with van der Waals surface area (Å²) >= 11 is 0. The van der Waals surface area contributed by atoms with Crippen LogP contribution in [0, 0.1) is 0 Å². The van der Waals surface area contributed by atoms with Gasteiger partial charge in [-0.2, -0.15) is 4.98 Å². The van der Waals surface area contributed by atoms with Crippen molar-refractivity contribution in [1.82, 2.24) is 15.5 Å². The summed E-state index contributed by atoms with van der Waals surface area (Å²) in [6.45, 7) is 4.99. The highest BCUT2D eigenvalue weighted by Crippen LogP contribution is 2.25. The van der Waals surface area contributed by atoms with Gasteiger partial charge >= 0.3 is 0 Å². The molecule has 6 nitrogen and oxygen atoms in total. The Kier molecular flexibility index (Phi) is 5.16. The molecule has 0 unspecified atom stereocenters. The van der Waals surface area contributed by atoms with Gasteiger partial charge in [0.25, 0.3) is 0 Å². The van der Waals surface area contributed by atoms with E-state index in [0.717, 1.165) is 17.1 Å². The van der Waals surface area contributed by atoms with Crippen molar-refractivity contribution in [3.8, 4) is 11.5 Å². The van der Waals surface area contributed by atoms with Gasteiger partial charge < -0.3 is 19.3 Å². The largest absolute Gasteiger partial charge is 0.497 e. The fourth-order valence-corrected chi connectivity index (χ4v) is 1.84. The zero-order chi connectivity index (χ0) is 15.2. The topological polar surface area (TPSA) is 69.4 Å². The van der Waals surface area contributed by atoms with Crippen molar-refractivity contribution < 1.29 is 14.0 Å². The first-order chi connectivity index (χ1) is 10.1. The van der Waals surface area contributed by atoms with Crippen molar-refractivity contribution in [3.05, 3.63) is 35.5 Å². The van der Waals surface area contributed by atoms with E-state index in [2.05, 4.69) is 15.5 Å². The lowest BCUT2D eigenvalue weighted by Crippen LogP contribution is -2.08. The molecule has 1 aromatic carbocycles. The van der Waals surface area contributed by atoms with Gasteiger partial charge in [0.05, 0.1) is 7.11 Å². The molecule has 0 saturated carbocycles. The second kappa shape index (κ2) is 7.08. The molecule has 2 aromatic rings. The molecule has 1 N–H and O–H groups in total. The van der Waals surface area contributed by atoms with Crippen LogP contribution < -0.4 is 14.8 Å². The first-order valence-electron chi connectivity index (χ1n) is 6.90. The minimum Gasteiger partial charge on any atom is -0.497 e. The molecule has 0 aliphatic heterocycles. The van der Waals surface area contributed by atoms with Crippen molar-refractivity contribution in [1.29, 1.82) is 0 Å². The minimum absolute atomic E-state index is 0.211. The number of rotatable bonds is 7. The Balaban J connectivity index is 2.09. The van der Waals surface area contributed by atoms with Crippen molar-refractivity contribution >= 4 is 0 Å². The Labute approximate surface area is 124 Å². The highest BCUT2D eigenvalue weighted by molar-refractivity contribution is 5.40. The predicted molar refractivity (Wildman–Crippen MR) is 78.5 cm³/mol. The van der Waals surface area contributed by atoms with Crippen molar-refractivity contribution in [2.45, 2.75) is 32.9 Å². The quantitative estimate of drug-likeness (QED) is 0.845. The van der Waals surface area contributed by atoms with Gasteiger partial charge in [-0.1, -0.05) is 25.1 Å². The van der Waals surface area contributed by atoms with Gasteiger partial charge in [-0.15, -0.1) is 0 Å². The van der Waals surface area contributed by atoms with Gasteiger partial charge in [0.1, 0.15) is 11.5 Å². The van der Waals surface area contributed by atoms with Crippen molar-refractivity contribution in [2.75, 3.05) is 14.2 Å². The molecule has 0 aliphatic rings. The lowest BCUT2D eigenvalue weighted by molar-refractivity contribution is 0.279. The summed E-state index contributed by atoms with van der Waals surface area (Å²) in [5, 5.41) is 7.02. The minimum atomic E-state index is 0.211. The first kappa shape index (κ1) is 15.3. The number of nitrogens with zero attached hydrogens (tertiary/aromatic N) is 2. The molecule has 0 amide bonds. The van der Waals surface area contributed by atoms with E-state index in [4.69, 9.17) is 14.0 Å². The van der Waals surface area contributed by atoms with E-state index >= 15 is 0 Å². The lowest BCUT2D eigenvalue weighted by Gasteiger charge is -2.11. The second-order valence-electron chi connectivity index (χ2n) is 5.00. The van der Waals surface area contributed by atoms with E-state index in [1.54, 1.807) is 7.11 Å². The van der Waals surface area contributed by atoms with E-state index in [-0.39, 0.29) is 12.5 Å².